The van der Waals surface area contributed by atoms with Crippen LogP contribution in [0.5, 0.6) is 0 Å². The molecule has 0 unspecified atom stereocenters. The summed E-state index contributed by atoms with van der Waals surface area (Å²) in [7, 11) is 0. The van der Waals surface area contributed by atoms with Gasteiger partial charge in [-0.15, -0.1) is 0 Å². The van der Waals surface area contributed by atoms with E-state index in [1.165, 1.54) is 51.9 Å². The van der Waals surface area contributed by atoms with Gasteiger partial charge in [-0.25, -0.2) is 0 Å². The summed E-state index contributed by atoms with van der Waals surface area (Å²) in [6.07, 6.45) is 10.5. The average Bonchev–Trinajstić information content (AvgIpc) is 3.07. The number of esters is 1. The van der Waals surface area contributed by atoms with Crippen LogP contribution < -0.4 is 0 Å². The summed E-state index contributed by atoms with van der Waals surface area (Å²) in [6.45, 7) is 15.5. The lowest BCUT2D eigenvalue weighted by atomic mass is 10.1. The number of unbranched alkanes of at least 4 members (excludes halogenated alkanes) is 7. The molecule has 0 radical (unpaired) electrons. The molecule has 0 aliphatic rings. The lowest BCUT2D eigenvalue weighted by Gasteiger charge is -2.09. The summed E-state index contributed by atoms with van der Waals surface area (Å²) in [5, 5.41) is 0. The predicted molar refractivity (Wildman–Crippen MR) is 178 cm³/mol. The Balaban J connectivity index is 3.04. The lowest BCUT2D eigenvalue weighted by Crippen LogP contribution is -2.15. The van der Waals surface area contributed by atoms with Gasteiger partial charge in [-0.2, -0.15) is 0 Å². The molecule has 47 heavy (non-hydrogen) atoms. The van der Waals surface area contributed by atoms with Crippen LogP contribution in [0.2, 0.25) is 0 Å². The molecule has 13 heteroatoms. The number of ether oxygens (including phenoxy) is 12. The number of hydrogen-bond donors (Lipinski definition) is 0. The molecule has 0 aromatic carbocycles. The first-order valence-corrected chi connectivity index (χ1v) is 17.8. The fourth-order valence-corrected chi connectivity index (χ4v) is 3.88. The minimum atomic E-state index is -0.309. The lowest BCUT2D eigenvalue weighted by molar-refractivity contribution is -0.142. The van der Waals surface area contributed by atoms with Gasteiger partial charge in [-0.3, -0.25) is 4.79 Å². The molecule has 0 aromatic heterocycles. The Hall–Kier alpha value is -0.970. The third-order valence-corrected chi connectivity index (χ3v) is 6.40. The van der Waals surface area contributed by atoms with Crippen LogP contribution in [0.25, 0.3) is 0 Å². The summed E-state index contributed by atoms with van der Waals surface area (Å²) >= 11 is 0. The van der Waals surface area contributed by atoms with Gasteiger partial charge < -0.3 is 56.8 Å². The second kappa shape index (κ2) is 43.1. The van der Waals surface area contributed by atoms with Gasteiger partial charge in [0.25, 0.3) is 0 Å². The first-order chi connectivity index (χ1) is 23.3. The van der Waals surface area contributed by atoms with Gasteiger partial charge in [-0.05, 0) is 6.42 Å². The zero-order valence-corrected chi connectivity index (χ0v) is 29.7. The Morgan fingerprint density at radius 2 is 0.511 bits per heavy atom. The maximum Gasteiger partial charge on any atom is 0.302 e. The number of hydrogen-bond acceptors (Lipinski definition) is 13. The van der Waals surface area contributed by atoms with Crippen LogP contribution in [0.1, 0.15) is 65.2 Å². The van der Waals surface area contributed by atoms with Crippen molar-refractivity contribution in [1.82, 2.24) is 0 Å². The number of carbonyl (C=O) groups is 1. The zero-order chi connectivity index (χ0) is 34.0. The monoisotopic (exact) mass is 684 g/mol. The molecule has 0 atom stereocenters. The first-order valence-electron chi connectivity index (χ1n) is 17.8. The van der Waals surface area contributed by atoms with Gasteiger partial charge in [0.05, 0.1) is 139 Å². The SMILES string of the molecule is CCCCCCCCCCOCCOCCOCCOCCOCCOCCOCCOCCOCCOCCOCCOC(C)=O. The van der Waals surface area contributed by atoms with E-state index in [0.717, 1.165) is 13.0 Å². The van der Waals surface area contributed by atoms with E-state index in [1.807, 2.05) is 0 Å². The maximum absolute atomic E-state index is 10.6. The van der Waals surface area contributed by atoms with Gasteiger partial charge in [0, 0.05) is 13.5 Å². The van der Waals surface area contributed by atoms with Gasteiger partial charge >= 0.3 is 5.97 Å². The van der Waals surface area contributed by atoms with Crippen LogP contribution in [0.4, 0.5) is 0 Å². The van der Waals surface area contributed by atoms with E-state index in [-0.39, 0.29) is 12.6 Å². The molecule has 0 N–H and O–H groups in total. The Bertz CT molecular complexity index is 586. The minimum Gasteiger partial charge on any atom is -0.463 e. The maximum atomic E-state index is 10.6. The summed E-state index contributed by atoms with van der Waals surface area (Å²) in [5.41, 5.74) is 0. The van der Waals surface area contributed by atoms with Gasteiger partial charge in [-0.1, -0.05) is 51.9 Å². The molecule has 13 nitrogen and oxygen atoms in total. The van der Waals surface area contributed by atoms with Crippen molar-refractivity contribution in [2.45, 2.75) is 65.2 Å². The molecule has 0 aliphatic heterocycles. The largest absolute Gasteiger partial charge is 0.463 e. The number of rotatable bonds is 42. The molecule has 0 spiro atoms. The fraction of sp³-hybridized carbons (Fsp3) is 0.971. The Morgan fingerprint density at radius 3 is 0.766 bits per heavy atom. The van der Waals surface area contributed by atoms with Crippen LogP contribution in [-0.2, 0) is 61.6 Å². The average molecular weight is 685 g/mol. The van der Waals surface area contributed by atoms with E-state index in [9.17, 15) is 4.79 Å². The quantitative estimate of drug-likeness (QED) is 0.0683. The molecule has 282 valence electrons. The van der Waals surface area contributed by atoms with Gasteiger partial charge in [0.1, 0.15) is 6.61 Å². The topological polar surface area (TPSA) is 128 Å². The third-order valence-electron chi connectivity index (χ3n) is 6.40. The summed E-state index contributed by atoms with van der Waals surface area (Å²) in [6, 6.07) is 0. The van der Waals surface area contributed by atoms with Crippen molar-refractivity contribution in [3.05, 3.63) is 0 Å². The van der Waals surface area contributed by atoms with Crippen LogP contribution in [-0.4, -0.2) is 158 Å². The molecular formula is C34H68O13. The molecular weight excluding hydrogens is 616 g/mol. The smallest absolute Gasteiger partial charge is 0.302 e. The van der Waals surface area contributed by atoms with E-state index >= 15 is 0 Å². The summed E-state index contributed by atoms with van der Waals surface area (Å²) < 4.78 is 64.9. The Kier molecular flexibility index (Phi) is 42.2. The Morgan fingerprint density at radius 1 is 0.298 bits per heavy atom. The molecule has 0 heterocycles. The second-order valence-electron chi connectivity index (χ2n) is 10.6. The van der Waals surface area contributed by atoms with E-state index in [2.05, 4.69) is 6.92 Å². The number of carbonyl (C=O) groups excluding carboxylic acids is 1. The van der Waals surface area contributed by atoms with E-state index in [4.69, 9.17) is 56.8 Å². The van der Waals surface area contributed by atoms with Crippen molar-refractivity contribution in [3.8, 4) is 0 Å². The highest BCUT2D eigenvalue weighted by Crippen LogP contribution is 2.08. The molecule has 0 saturated carbocycles. The Labute approximate surface area is 284 Å². The summed E-state index contributed by atoms with van der Waals surface area (Å²) in [5.74, 6) is -0.309. The van der Waals surface area contributed by atoms with Crippen molar-refractivity contribution in [2.75, 3.05) is 152 Å². The third kappa shape index (κ3) is 45.0. The molecule has 0 aliphatic carbocycles. The van der Waals surface area contributed by atoms with Crippen molar-refractivity contribution in [1.29, 1.82) is 0 Å². The molecule has 0 saturated heterocycles. The standard InChI is InChI=1S/C34H68O13/c1-3-4-5-6-7-8-9-10-11-36-12-13-37-14-15-38-16-17-39-18-19-40-20-21-41-22-23-42-24-25-43-26-27-44-28-29-45-30-31-46-32-33-47-34(2)35/h3-33H2,1-2H3. The normalized spacial score (nSPS) is 11.4. The van der Waals surface area contributed by atoms with Crippen molar-refractivity contribution in [3.63, 3.8) is 0 Å². The van der Waals surface area contributed by atoms with Gasteiger partial charge in [0.2, 0.25) is 0 Å². The van der Waals surface area contributed by atoms with Crippen LogP contribution in [0.3, 0.4) is 0 Å². The van der Waals surface area contributed by atoms with Crippen LogP contribution in [0.15, 0.2) is 0 Å². The molecule has 0 rings (SSSR count). The molecule has 0 fully saturated rings. The van der Waals surface area contributed by atoms with Gasteiger partial charge in [0.15, 0.2) is 0 Å². The van der Waals surface area contributed by atoms with E-state index in [0.29, 0.717) is 139 Å². The highest BCUT2D eigenvalue weighted by Gasteiger charge is 1.97. The highest BCUT2D eigenvalue weighted by atomic mass is 16.6. The fourth-order valence-electron chi connectivity index (χ4n) is 3.88. The summed E-state index contributed by atoms with van der Waals surface area (Å²) in [4.78, 5) is 10.6. The van der Waals surface area contributed by atoms with Crippen molar-refractivity contribution >= 4 is 5.97 Å². The zero-order valence-electron chi connectivity index (χ0n) is 29.7. The van der Waals surface area contributed by atoms with Crippen molar-refractivity contribution in [2.24, 2.45) is 0 Å². The predicted octanol–water partition coefficient (Wildman–Crippen LogP) is 3.87. The first kappa shape index (κ1) is 46.0. The molecule has 0 aromatic rings. The molecule has 0 amide bonds. The van der Waals surface area contributed by atoms with Crippen LogP contribution in [0, 0.1) is 0 Å². The van der Waals surface area contributed by atoms with E-state index in [1.54, 1.807) is 0 Å². The van der Waals surface area contributed by atoms with E-state index < -0.39 is 0 Å². The minimum absolute atomic E-state index is 0.260. The molecule has 0 bridgehead atoms. The van der Waals surface area contributed by atoms with Crippen LogP contribution >= 0.6 is 0 Å². The van der Waals surface area contributed by atoms with Crippen molar-refractivity contribution < 1.29 is 61.6 Å². The second-order valence-corrected chi connectivity index (χ2v) is 10.6. The highest BCUT2D eigenvalue weighted by molar-refractivity contribution is 5.65.